The fourth-order valence-corrected chi connectivity index (χ4v) is 10.6. The molecule has 1 aliphatic rings. The number of nitrogens with zero attached hydrogens (tertiary/aromatic N) is 4. The standard InChI is InChI=1S/C66H58N4O/c1-64(2,3)43-29-27-42(28-30-43)49-22-15-23-56-57-37-44(65(4,5)6)31-33-52(57)50-19-10-11-20-51(50)55-24-16-26-59-63(55)69(62(49)56)41-68(59)46-17-14-18-47(39-46)71-48-32-34-54-53-21-12-13-25-58(53)70(60(54)40-48)61-38-45(35-36-67-61)66(7,8)9/h10-40H,1-9H3. The number of rotatable bonds is 5. The normalized spacial score (nSPS) is 12.6. The van der Waals surface area contributed by atoms with Gasteiger partial charge in [0.05, 0.1) is 33.4 Å². The molecule has 0 N–H and O–H groups in total. The van der Waals surface area contributed by atoms with Crippen LogP contribution in [-0.4, -0.2) is 14.1 Å². The summed E-state index contributed by atoms with van der Waals surface area (Å²) in [6, 6.07) is 66.3. The summed E-state index contributed by atoms with van der Waals surface area (Å²) >= 11 is 0. The highest BCUT2D eigenvalue weighted by molar-refractivity contribution is 6.09. The van der Waals surface area contributed by atoms with E-state index in [2.05, 4.69) is 258 Å². The molecule has 0 spiro atoms. The molecule has 3 aromatic heterocycles. The Morgan fingerprint density at radius 3 is 1.80 bits per heavy atom. The summed E-state index contributed by atoms with van der Waals surface area (Å²) in [5.74, 6) is 2.36. The summed E-state index contributed by atoms with van der Waals surface area (Å²) in [5, 5.41) is 2.32. The highest BCUT2D eigenvalue weighted by Gasteiger charge is 2.28. The summed E-state index contributed by atoms with van der Waals surface area (Å²) in [7, 11) is 0. The Morgan fingerprint density at radius 2 is 1.03 bits per heavy atom. The molecular weight excluding hydrogens is 865 g/mol. The lowest BCUT2D eigenvalue weighted by Crippen LogP contribution is -2.32. The highest BCUT2D eigenvalue weighted by atomic mass is 16.5. The smallest absolute Gasteiger partial charge is 0.269 e. The SMILES string of the molecule is CC(C)(C)c1ccc(-c2cccc3c2-[n+]2[c-]n(-c4cccc(Oc5ccc6c7ccccc7n(-c7cc(C(C)(C)C)ccn7)c6c5)c4)c4cccc(c42)-c2ccccc2-c2ccc(C(C)(C)C)cc2-3)cc1. The lowest BCUT2D eigenvalue weighted by atomic mass is 9.81. The van der Waals surface area contributed by atoms with E-state index in [0.717, 1.165) is 78.4 Å². The summed E-state index contributed by atoms with van der Waals surface area (Å²) in [5.41, 5.74) is 19.5. The van der Waals surface area contributed by atoms with Crippen LogP contribution in [0, 0.1) is 6.33 Å². The van der Waals surface area contributed by atoms with Gasteiger partial charge in [0.2, 0.25) is 0 Å². The third kappa shape index (κ3) is 7.54. The monoisotopic (exact) mass is 922 g/mol. The lowest BCUT2D eigenvalue weighted by molar-refractivity contribution is -0.570. The molecule has 0 radical (unpaired) electrons. The topological polar surface area (TPSA) is 35.9 Å². The molecular formula is C66H58N4O. The molecule has 0 fully saturated rings. The second kappa shape index (κ2) is 16.3. The lowest BCUT2D eigenvalue weighted by Gasteiger charge is -2.24. The van der Waals surface area contributed by atoms with Gasteiger partial charge in [-0.3, -0.25) is 13.7 Å². The number of fused-ring (bicyclic) bond motifs is 10. The molecule has 71 heavy (non-hydrogen) atoms. The first-order valence-corrected chi connectivity index (χ1v) is 24.9. The van der Waals surface area contributed by atoms with Gasteiger partial charge >= 0.3 is 0 Å². The van der Waals surface area contributed by atoms with Crippen molar-refractivity contribution in [1.82, 2.24) is 14.1 Å². The van der Waals surface area contributed by atoms with Crippen molar-refractivity contribution in [2.45, 2.75) is 78.6 Å². The fourth-order valence-electron chi connectivity index (χ4n) is 10.6. The molecule has 4 heterocycles. The largest absolute Gasteiger partial charge is 0.458 e. The minimum Gasteiger partial charge on any atom is -0.458 e. The van der Waals surface area contributed by atoms with Crippen LogP contribution in [-0.2, 0) is 16.2 Å². The van der Waals surface area contributed by atoms with Crippen molar-refractivity contribution in [2.24, 2.45) is 0 Å². The summed E-state index contributed by atoms with van der Waals surface area (Å²) in [6.45, 7) is 20.4. The van der Waals surface area contributed by atoms with Crippen molar-refractivity contribution in [3.05, 3.63) is 211 Å². The number of hydrogen-bond donors (Lipinski definition) is 0. The molecule has 0 atom stereocenters. The van der Waals surface area contributed by atoms with Gasteiger partial charge in [0.15, 0.2) is 0 Å². The minimum absolute atomic E-state index is 0.0232. The van der Waals surface area contributed by atoms with Crippen LogP contribution in [0.4, 0.5) is 0 Å². The number of benzene rings is 8. The van der Waals surface area contributed by atoms with Crippen LogP contribution in [0.25, 0.3) is 94.5 Å². The van der Waals surface area contributed by atoms with Crippen LogP contribution < -0.4 is 9.30 Å². The molecule has 8 aromatic carbocycles. The van der Waals surface area contributed by atoms with Crippen molar-refractivity contribution < 1.29 is 9.30 Å². The fraction of sp³-hybridized carbons (Fsp3) is 0.182. The van der Waals surface area contributed by atoms with Gasteiger partial charge in [0.1, 0.15) is 17.3 Å². The number of aromatic nitrogens is 4. The van der Waals surface area contributed by atoms with Crippen LogP contribution >= 0.6 is 0 Å². The first kappa shape index (κ1) is 44.2. The molecule has 0 bridgehead atoms. The summed E-state index contributed by atoms with van der Waals surface area (Å²) in [4.78, 5) is 4.92. The van der Waals surface area contributed by atoms with Gasteiger partial charge in [-0.15, -0.1) is 0 Å². The molecule has 11 aromatic rings. The number of imidazole rings is 1. The van der Waals surface area contributed by atoms with Crippen LogP contribution in [0.5, 0.6) is 11.5 Å². The van der Waals surface area contributed by atoms with E-state index in [-0.39, 0.29) is 16.2 Å². The van der Waals surface area contributed by atoms with Crippen LogP contribution in [0.1, 0.15) is 79.0 Å². The van der Waals surface area contributed by atoms with Crippen molar-refractivity contribution in [3.63, 3.8) is 0 Å². The van der Waals surface area contributed by atoms with Crippen molar-refractivity contribution in [1.29, 1.82) is 0 Å². The van der Waals surface area contributed by atoms with Gasteiger partial charge in [-0.2, -0.15) is 0 Å². The highest BCUT2D eigenvalue weighted by Crippen LogP contribution is 2.47. The van der Waals surface area contributed by atoms with E-state index in [1.165, 1.54) is 44.3 Å². The Bertz CT molecular complexity index is 3900. The van der Waals surface area contributed by atoms with Crippen molar-refractivity contribution in [3.8, 4) is 73.2 Å². The average Bonchev–Trinajstić information content (AvgIpc) is 3.92. The molecule has 0 saturated carbocycles. The van der Waals surface area contributed by atoms with Crippen LogP contribution in [0.2, 0.25) is 0 Å². The van der Waals surface area contributed by atoms with Gasteiger partial charge in [0, 0.05) is 23.0 Å². The van der Waals surface area contributed by atoms with Gasteiger partial charge < -0.3 is 4.74 Å². The van der Waals surface area contributed by atoms with Crippen molar-refractivity contribution in [2.75, 3.05) is 0 Å². The predicted molar refractivity (Wildman–Crippen MR) is 294 cm³/mol. The summed E-state index contributed by atoms with van der Waals surface area (Å²) in [6.07, 6.45) is 5.91. The second-order valence-corrected chi connectivity index (χ2v) is 22.3. The van der Waals surface area contributed by atoms with E-state index in [0.29, 0.717) is 0 Å². The molecule has 0 saturated heterocycles. The molecule has 348 valence electrons. The van der Waals surface area contributed by atoms with Crippen LogP contribution in [0.3, 0.4) is 0 Å². The molecule has 0 unspecified atom stereocenters. The third-order valence-corrected chi connectivity index (χ3v) is 14.5. The Hall–Kier alpha value is -8.02. The second-order valence-electron chi connectivity index (χ2n) is 22.3. The first-order chi connectivity index (χ1) is 34.1. The average molecular weight is 923 g/mol. The first-order valence-electron chi connectivity index (χ1n) is 24.9. The summed E-state index contributed by atoms with van der Waals surface area (Å²) < 4.78 is 13.7. The molecule has 1 aliphatic heterocycles. The van der Waals surface area contributed by atoms with E-state index < -0.39 is 0 Å². The van der Waals surface area contributed by atoms with E-state index in [9.17, 15) is 0 Å². The molecule has 5 heteroatoms. The van der Waals surface area contributed by atoms with Gasteiger partial charge in [0.25, 0.3) is 6.33 Å². The van der Waals surface area contributed by atoms with E-state index in [1.54, 1.807) is 0 Å². The molecule has 0 aliphatic carbocycles. The Balaban J connectivity index is 1.05. The molecule has 0 amide bonds. The maximum Gasteiger partial charge on any atom is 0.269 e. The van der Waals surface area contributed by atoms with Gasteiger partial charge in [-0.05, 0) is 126 Å². The van der Waals surface area contributed by atoms with Gasteiger partial charge in [-0.1, -0.05) is 190 Å². The van der Waals surface area contributed by atoms with Crippen molar-refractivity contribution >= 4 is 32.8 Å². The quantitative estimate of drug-likeness (QED) is 0.127. The number of hydrogen-bond acceptors (Lipinski definition) is 2. The minimum atomic E-state index is -0.0567. The Labute approximate surface area is 417 Å². The third-order valence-electron chi connectivity index (χ3n) is 14.5. The maximum atomic E-state index is 6.87. The van der Waals surface area contributed by atoms with E-state index in [1.807, 2.05) is 12.3 Å². The molecule has 5 nitrogen and oxygen atoms in total. The Kier molecular flexibility index (Phi) is 10.1. The zero-order valence-corrected chi connectivity index (χ0v) is 42.1. The van der Waals surface area contributed by atoms with E-state index in [4.69, 9.17) is 9.72 Å². The predicted octanol–water partition coefficient (Wildman–Crippen LogP) is 16.9. The Morgan fingerprint density at radius 1 is 0.437 bits per heavy atom. The number of ether oxygens (including phenoxy) is 1. The zero-order valence-electron chi connectivity index (χ0n) is 42.1. The molecule has 12 rings (SSSR count). The van der Waals surface area contributed by atoms with E-state index >= 15 is 0 Å². The maximum absolute atomic E-state index is 6.87. The number of pyridine rings is 1. The van der Waals surface area contributed by atoms with Gasteiger partial charge in [-0.25, -0.2) is 4.98 Å². The van der Waals surface area contributed by atoms with Crippen LogP contribution in [0.15, 0.2) is 188 Å². The number of para-hydroxylation sites is 3. The zero-order chi connectivity index (χ0) is 49.0.